The quantitative estimate of drug-likeness (QED) is 0.844. The van der Waals surface area contributed by atoms with Crippen LogP contribution in [0.15, 0.2) is 24.3 Å². The first-order valence-corrected chi connectivity index (χ1v) is 6.99. The lowest BCUT2D eigenvalue weighted by Crippen LogP contribution is -2.34. The Morgan fingerprint density at radius 2 is 2.11 bits per heavy atom. The average Bonchev–Trinajstić information content (AvgIpc) is 2.87. The molecule has 0 aromatic heterocycles. The van der Waals surface area contributed by atoms with Crippen LogP contribution < -0.4 is 10.6 Å². The summed E-state index contributed by atoms with van der Waals surface area (Å²) in [4.78, 5) is 14.1. The van der Waals surface area contributed by atoms with E-state index in [4.69, 9.17) is 0 Å². The van der Waals surface area contributed by atoms with Crippen LogP contribution in [0.4, 0.5) is 5.69 Å². The van der Waals surface area contributed by atoms with Crippen molar-refractivity contribution >= 4 is 11.6 Å². The molecule has 1 aromatic rings. The first-order valence-electron chi connectivity index (χ1n) is 6.99. The Morgan fingerprint density at radius 1 is 1.37 bits per heavy atom. The monoisotopic (exact) mass is 261 g/mol. The lowest BCUT2D eigenvalue weighted by atomic mass is 10.1. The van der Waals surface area contributed by atoms with Crippen LogP contribution in [0, 0.1) is 0 Å². The molecule has 1 fully saturated rings. The van der Waals surface area contributed by atoms with Gasteiger partial charge in [0.1, 0.15) is 0 Å². The number of nitrogens with one attached hydrogen (secondary N) is 2. The number of likely N-dealkylation sites (N-methyl/N-ethyl adjacent to an activating group) is 1. The maximum Gasteiger partial charge on any atom is 0.238 e. The molecule has 2 N–H and O–H groups in total. The molecule has 0 spiro atoms. The van der Waals surface area contributed by atoms with Crippen molar-refractivity contribution in [3.63, 3.8) is 0 Å². The van der Waals surface area contributed by atoms with Gasteiger partial charge in [-0.1, -0.05) is 19.1 Å². The van der Waals surface area contributed by atoms with Crippen LogP contribution in [0.25, 0.3) is 0 Å². The number of amides is 1. The summed E-state index contributed by atoms with van der Waals surface area (Å²) in [5.41, 5.74) is 2.17. The summed E-state index contributed by atoms with van der Waals surface area (Å²) < 4.78 is 0. The van der Waals surface area contributed by atoms with Crippen molar-refractivity contribution in [1.29, 1.82) is 0 Å². The molecule has 104 valence electrons. The standard InChI is InChI=1S/C15H23N3O/c1-3-12-4-6-13(7-5-12)17-15(19)11-18-9-8-14(10-18)16-2/h4-7,14,16H,3,8-11H2,1-2H3,(H,17,19). The molecule has 2 rings (SSSR count). The number of carbonyl (C=O) groups excluding carboxylic acids is 1. The van der Waals surface area contributed by atoms with Crippen molar-refractivity contribution in [2.75, 3.05) is 32.0 Å². The molecule has 1 amide bonds. The first kappa shape index (κ1) is 14.0. The molecule has 1 aliphatic rings. The van der Waals surface area contributed by atoms with Gasteiger partial charge in [0.25, 0.3) is 0 Å². The molecule has 1 aliphatic heterocycles. The number of anilines is 1. The van der Waals surface area contributed by atoms with E-state index in [2.05, 4.69) is 34.6 Å². The largest absolute Gasteiger partial charge is 0.325 e. The Labute approximate surface area is 115 Å². The van der Waals surface area contributed by atoms with E-state index in [9.17, 15) is 4.79 Å². The summed E-state index contributed by atoms with van der Waals surface area (Å²) in [6.45, 7) is 4.55. The number of hydrogen-bond donors (Lipinski definition) is 2. The SMILES string of the molecule is CCc1ccc(NC(=O)CN2CCC(NC)C2)cc1. The van der Waals surface area contributed by atoms with Crippen LogP contribution in [0.1, 0.15) is 18.9 Å². The second-order valence-corrected chi connectivity index (χ2v) is 5.11. The van der Waals surface area contributed by atoms with Gasteiger partial charge in [-0.05, 0) is 37.6 Å². The van der Waals surface area contributed by atoms with Crippen molar-refractivity contribution < 1.29 is 4.79 Å². The minimum atomic E-state index is 0.0704. The minimum Gasteiger partial charge on any atom is -0.325 e. The number of carbonyl (C=O) groups is 1. The fraction of sp³-hybridized carbons (Fsp3) is 0.533. The number of rotatable bonds is 5. The zero-order valence-electron chi connectivity index (χ0n) is 11.8. The van der Waals surface area contributed by atoms with E-state index >= 15 is 0 Å². The Kier molecular flexibility index (Phi) is 4.93. The zero-order chi connectivity index (χ0) is 13.7. The molecule has 1 saturated heterocycles. The fourth-order valence-corrected chi connectivity index (χ4v) is 2.44. The minimum absolute atomic E-state index is 0.0704. The van der Waals surface area contributed by atoms with E-state index in [0.29, 0.717) is 12.6 Å². The maximum atomic E-state index is 11.9. The van der Waals surface area contributed by atoms with Gasteiger partial charge in [0.15, 0.2) is 0 Å². The average molecular weight is 261 g/mol. The van der Waals surface area contributed by atoms with Crippen LogP contribution in [-0.2, 0) is 11.2 Å². The van der Waals surface area contributed by atoms with E-state index in [1.807, 2.05) is 19.2 Å². The Balaban J connectivity index is 1.80. The van der Waals surface area contributed by atoms with E-state index in [-0.39, 0.29) is 5.91 Å². The van der Waals surface area contributed by atoms with Gasteiger partial charge in [0, 0.05) is 24.8 Å². The van der Waals surface area contributed by atoms with E-state index in [1.54, 1.807) is 0 Å². The van der Waals surface area contributed by atoms with Crippen LogP contribution in [0.2, 0.25) is 0 Å². The Morgan fingerprint density at radius 3 is 2.68 bits per heavy atom. The predicted octanol–water partition coefficient (Wildman–Crippen LogP) is 1.48. The normalized spacial score (nSPS) is 19.6. The highest BCUT2D eigenvalue weighted by atomic mass is 16.2. The number of hydrogen-bond acceptors (Lipinski definition) is 3. The molecule has 0 saturated carbocycles. The van der Waals surface area contributed by atoms with E-state index < -0.39 is 0 Å². The van der Waals surface area contributed by atoms with Gasteiger partial charge in [-0.3, -0.25) is 9.69 Å². The van der Waals surface area contributed by atoms with Gasteiger partial charge in [-0.15, -0.1) is 0 Å². The summed E-state index contributed by atoms with van der Waals surface area (Å²) >= 11 is 0. The summed E-state index contributed by atoms with van der Waals surface area (Å²) in [6, 6.07) is 8.58. The second kappa shape index (κ2) is 6.68. The topological polar surface area (TPSA) is 44.4 Å². The molecule has 0 aliphatic carbocycles. The highest BCUT2D eigenvalue weighted by Crippen LogP contribution is 2.11. The molecule has 1 aromatic carbocycles. The molecule has 1 atom stereocenters. The third-order valence-electron chi connectivity index (χ3n) is 3.69. The second-order valence-electron chi connectivity index (χ2n) is 5.11. The number of benzene rings is 1. The van der Waals surface area contributed by atoms with E-state index in [1.165, 1.54) is 5.56 Å². The maximum absolute atomic E-state index is 11.9. The van der Waals surface area contributed by atoms with Gasteiger partial charge < -0.3 is 10.6 Å². The van der Waals surface area contributed by atoms with Crippen LogP contribution >= 0.6 is 0 Å². The molecule has 1 heterocycles. The Hall–Kier alpha value is -1.39. The lowest BCUT2D eigenvalue weighted by Gasteiger charge is -2.15. The van der Waals surface area contributed by atoms with Crippen molar-refractivity contribution in [2.45, 2.75) is 25.8 Å². The zero-order valence-corrected chi connectivity index (χ0v) is 11.8. The third kappa shape index (κ3) is 4.04. The lowest BCUT2D eigenvalue weighted by molar-refractivity contribution is -0.117. The molecule has 0 bridgehead atoms. The highest BCUT2D eigenvalue weighted by Gasteiger charge is 2.22. The van der Waals surface area contributed by atoms with Gasteiger partial charge in [0.2, 0.25) is 5.91 Å². The molecule has 4 heteroatoms. The van der Waals surface area contributed by atoms with Crippen molar-refractivity contribution in [1.82, 2.24) is 10.2 Å². The molecule has 4 nitrogen and oxygen atoms in total. The summed E-state index contributed by atoms with van der Waals surface area (Å²) in [7, 11) is 1.98. The third-order valence-corrected chi connectivity index (χ3v) is 3.69. The number of nitrogens with zero attached hydrogens (tertiary/aromatic N) is 1. The molecular formula is C15H23N3O. The fourth-order valence-electron chi connectivity index (χ4n) is 2.44. The smallest absolute Gasteiger partial charge is 0.238 e. The van der Waals surface area contributed by atoms with Crippen molar-refractivity contribution in [3.05, 3.63) is 29.8 Å². The molecule has 1 unspecified atom stereocenters. The number of aryl methyl sites for hydroxylation is 1. The molecular weight excluding hydrogens is 238 g/mol. The first-order chi connectivity index (χ1) is 9.21. The summed E-state index contributed by atoms with van der Waals surface area (Å²) in [6.07, 6.45) is 2.14. The summed E-state index contributed by atoms with van der Waals surface area (Å²) in [5.74, 6) is 0.0704. The summed E-state index contributed by atoms with van der Waals surface area (Å²) in [5, 5.41) is 6.21. The van der Waals surface area contributed by atoms with Crippen LogP contribution in [-0.4, -0.2) is 43.5 Å². The molecule has 19 heavy (non-hydrogen) atoms. The van der Waals surface area contributed by atoms with E-state index in [0.717, 1.165) is 31.6 Å². The van der Waals surface area contributed by atoms with Crippen molar-refractivity contribution in [2.24, 2.45) is 0 Å². The van der Waals surface area contributed by atoms with Crippen LogP contribution in [0.5, 0.6) is 0 Å². The highest BCUT2D eigenvalue weighted by molar-refractivity contribution is 5.92. The predicted molar refractivity (Wildman–Crippen MR) is 78.4 cm³/mol. The van der Waals surface area contributed by atoms with Gasteiger partial charge in [-0.25, -0.2) is 0 Å². The Bertz CT molecular complexity index is 416. The van der Waals surface area contributed by atoms with Crippen molar-refractivity contribution in [3.8, 4) is 0 Å². The van der Waals surface area contributed by atoms with Gasteiger partial charge in [-0.2, -0.15) is 0 Å². The number of likely N-dealkylation sites (tertiary alicyclic amines) is 1. The van der Waals surface area contributed by atoms with Gasteiger partial charge in [0.05, 0.1) is 6.54 Å². The molecule has 0 radical (unpaired) electrons. The van der Waals surface area contributed by atoms with Gasteiger partial charge >= 0.3 is 0 Å². The van der Waals surface area contributed by atoms with Crippen LogP contribution in [0.3, 0.4) is 0 Å².